The van der Waals surface area contributed by atoms with Gasteiger partial charge >= 0.3 is 0 Å². The van der Waals surface area contributed by atoms with E-state index in [-0.39, 0.29) is 23.4 Å². The van der Waals surface area contributed by atoms with Gasteiger partial charge in [-0.15, -0.1) is 0 Å². The Bertz CT molecular complexity index is 1030. The SMILES string of the molecule is O=C(N[C@H](Cc1cc(=O)[nH]c(-c2ccccn2)n1)c1ccccc1)C1CCCCC1. The van der Waals surface area contributed by atoms with Crippen LogP contribution in [0.3, 0.4) is 0 Å². The molecule has 30 heavy (non-hydrogen) atoms. The Morgan fingerprint density at radius 3 is 2.57 bits per heavy atom. The standard InChI is InChI=1S/C24H26N4O2/c29-22-16-19(26-23(28-22)20-13-7-8-14-25-20)15-21(17-9-3-1-4-10-17)27-24(30)18-11-5-2-6-12-18/h1,3-4,7-10,13-14,16,18,21H,2,5-6,11-12,15H2,(H,27,30)(H,26,28,29)/t21-/m1/s1. The van der Waals surface area contributed by atoms with Gasteiger partial charge < -0.3 is 10.3 Å². The number of hydrogen-bond acceptors (Lipinski definition) is 4. The van der Waals surface area contributed by atoms with Gasteiger partial charge in [0.1, 0.15) is 5.69 Å². The average molecular weight is 402 g/mol. The number of carbonyl (C=O) groups excluding carboxylic acids is 1. The van der Waals surface area contributed by atoms with Gasteiger partial charge in [0, 0.05) is 24.6 Å². The number of benzene rings is 1. The van der Waals surface area contributed by atoms with Crippen LogP contribution >= 0.6 is 0 Å². The quantitative estimate of drug-likeness (QED) is 0.656. The monoisotopic (exact) mass is 402 g/mol. The minimum absolute atomic E-state index is 0.0705. The lowest BCUT2D eigenvalue weighted by atomic mass is 9.88. The normalized spacial score (nSPS) is 15.5. The van der Waals surface area contributed by atoms with E-state index in [1.54, 1.807) is 6.20 Å². The predicted octanol–water partition coefficient (Wildman–Crippen LogP) is 3.81. The van der Waals surface area contributed by atoms with Gasteiger partial charge in [-0.05, 0) is 30.5 Å². The molecule has 0 radical (unpaired) electrons. The number of pyridine rings is 1. The lowest BCUT2D eigenvalue weighted by Gasteiger charge is -2.25. The molecule has 0 saturated heterocycles. The molecule has 2 aromatic heterocycles. The lowest BCUT2D eigenvalue weighted by molar-refractivity contribution is -0.126. The molecule has 154 valence electrons. The average Bonchev–Trinajstić information content (AvgIpc) is 2.80. The molecular formula is C24H26N4O2. The fourth-order valence-corrected chi connectivity index (χ4v) is 4.04. The minimum atomic E-state index is -0.244. The second-order valence-electron chi connectivity index (χ2n) is 7.81. The van der Waals surface area contributed by atoms with Crippen molar-refractivity contribution < 1.29 is 4.79 Å². The largest absolute Gasteiger partial charge is 0.349 e. The summed E-state index contributed by atoms with van der Waals surface area (Å²) < 4.78 is 0. The van der Waals surface area contributed by atoms with Gasteiger partial charge in [0.25, 0.3) is 5.56 Å². The molecule has 0 spiro atoms. The van der Waals surface area contributed by atoms with E-state index in [1.165, 1.54) is 12.5 Å². The molecule has 4 rings (SSSR count). The van der Waals surface area contributed by atoms with E-state index in [9.17, 15) is 9.59 Å². The summed E-state index contributed by atoms with van der Waals surface area (Å²) in [7, 11) is 0. The van der Waals surface area contributed by atoms with Crippen LogP contribution in [0.1, 0.15) is 49.4 Å². The van der Waals surface area contributed by atoms with Crippen molar-refractivity contribution in [2.45, 2.75) is 44.6 Å². The lowest BCUT2D eigenvalue weighted by Crippen LogP contribution is -2.36. The van der Waals surface area contributed by atoms with Crippen LogP contribution < -0.4 is 10.9 Å². The predicted molar refractivity (Wildman–Crippen MR) is 116 cm³/mol. The topological polar surface area (TPSA) is 87.7 Å². The molecule has 0 bridgehead atoms. The first-order valence-electron chi connectivity index (χ1n) is 10.6. The summed E-state index contributed by atoms with van der Waals surface area (Å²) >= 11 is 0. The zero-order chi connectivity index (χ0) is 20.8. The van der Waals surface area contributed by atoms with Crippen molar-refractivity contribution in [1.82, 2.24) is 20.3 Å². The summed E-state index contributed by atoms with van der Waals surface area (Å²) in [6.45, 7) is 0. The van der Waals surface area contributed by atoms with Gasteiger partial charge in [-0.25, -0.2) is 4.98 Å². The maximum Gasteiger partial charge on any atom is 0.251 e. The smallest absolute Gasteiger partial charge is 0.251 e. The molecule has 1 aliphatic rings. The maximum atomic E-state index is 12.9. The van der Waals surface area contributed by atoms with Crippen LogP contribution in [-0.4, -0.2) is 20.9 Å². The molecule has 2 heterocycles. The Kier molecular flexibility index (Phi) is 6.32. The molecule has 3 aromatic rings. The van der Waals surface area contributed by atoms with Crippen LogP contribution in [0, 0.1) is 5.92 Å². The highest BCUT2D eigenvalue weighted by Crippen LogP contribution is 2.26. The summed E-state index contributed by atoms with van der Waals surface area (Å²) in [5, 5.41) is 3.22. The van der Waals surface area contributed by atoms with Gasteiger partial charge in [0.2, 0.25) is 5.91 Å². The molecule has 6 nitrogen and oxygen atoms in total. The Hall–Kier alpha value is -3.28. The molecule has 1 fully saturated rings. The fourth-order valence-electron chi connectivity index (χ4n) is 4.04. The first kappa shape index (κ1) is 20.0. The molecule has 1 atom stereocenters. The van der Waals surface area contributed by atoms with E-state index in [0.717, 1.165) is 31.2 Å². The van der Waals surface area contributed by atoms with Crippen LogP contribution in [0.2, 0.25) is 0 Å². The van der Waals surface area contributed by atoms with Gasteiger partial charge in [-0.2, -0.15) is 0 Å². The Morgan fingerprint density at radius 2 is 1.83 bits per heavy atom. The molecule has 0 aliphatic heterocycles. The van der Waals surface area contributed by atoms with Crippen molar-refractivity contribution in [3.05, 3.63) is 82.4 Å². The number of nitrogens with one attached hydrogen (secondary N) is 2. The van der Waals surface area contributed by atoms with Gasteiger partial charge in [0.05, 0.1) is 11.7 Å². The number of carbonyl (C=O) groups is 1. The molecular weight excluding hydrogens is 376 g/mol. The van der Waals surface area contributed by atoms with E-state index in [0.29, 0.717) is 23.6 Å². The third kappa shape index (κ3) is 5.00. The second-order valence-corrected chi connectivity index (χ2v) is 7.81. The summed E-state index contributed by atoms with van der Waals surface area (Å²) in [5.74, 6) is 0.600. The number of amides is 1. The highest BCUT2D eigenvalue weighted by Gasteiger charge is 2.24. The van der Waals surface area contributed by atoms with Crippen molar-refractivity contribution >= 4 is 5.91 Å². The Labute approximate surface area is 175 Å². The van der Waals surface area contributed by atoms with E-state index in [4.69, 9.17) is 0 Å². The molecule has 1 saturated carbocycles. The fraction of sp³-hybridized carbons (Fsp3) is 0.333. The third-order valence-corrected chi connectivity index (χ3v) is 5.61. The molecule has 2 N–H and O–H groups in total. The first-order chi connectivity index (χ1) is 14.7. The number of aromatic nitrogens is 3. The first-order valence-corrected chi connectivity index (χ1v) is 10.6. The second kappa shape index (κ2) is 9.48. The molecule has 1 amide bonds. The summed E-state index contributed by atoms with van der Waals surface area (Å²) in [6, 6.07) is 16.6. The number of hydrogen-bond donors (Lipinski definition) is 2. The van der Waals surface area contributed by atoms with E-state index >= 15 is 0 Å². The van der Waals surface area contributed by atoms with Crippen LogP contribution in [-0.2, 0) is 11.2 Å². The maximum absolute atomic E-state index is 12.9. The zero-order valence-corrected chi connectivity index (χ0v) is 16.9. The van der Waals surface area contributed by atoms with E-state index < -0.39 is 0 Å². The summed E-state index contributed by atoms with van der Waals surface area (Å²) in [6.07, 6.45) is 7.42. The Morgan fingerprint density at radius 1 is 1.07 bits per heavy atom. The van der Waals surface area contributed by atoms with Gasteiger partial charge in [-0.3, -0.25) is 14.6 Å². The van der Waals surface area contributed by atoms with Crippen molar-refractivity contribution in [1.29, 1.82) is 0 Å². The number of rotatable bonds is 6. The number of H-pyrrole nitrogens is 1. The Balaban J connectivity index is 1.59. The van der Waals surface area contributed by atoms with Gasteiger partial charge in [-0.1, -0.05) is 55.7 Å². The summed E-state index contributed by atoms with van der Waals surface area (Å²) in [5.41, 5.74) is 2.00. The molecule has 6 heteroatoms. The van der Waals surface area contributed by atoms with Crippen molar-refractivity contribution in [3.8, 4) is 11.5 Å². The molecule has 1 aromatic carbocycles. The molecule has 0 unspecified atom stereocenters. The highest BCUT2D eigenvalue weighted by atomic mass is 16.2. The van der Waals surface area contributed by atoms with Crippen molar-refractivity contribution in [3.63, 3.8) is 0 Å². The van der Waals surface area contributed by atoms with Crippen LogP contribution in [0.15, 0.2) is 65.6 Å². The van der Waals surface area contributed by atoms with E-state index in [1.807, 2.05) is 48.5 Å². The number of nitrogens with zero attached hydrogens (tertiary/aromatic N) is 2. The minimum Gasteiger partial charge on any atom is -0.349 e. The third-order valence-electron chi connectivity index (χ3n) is 5.61. The zero-order valence-electron chi connectivity index (χ0n) is 16.9. The van der Waals surface area contributed by atoms with Crippen molar-refractivity contribution in [2.24, 2.45) is 5.92 Å². The van der Waals surface area contributed by atoms with Gasteiger partial charge in [0.15, 0.2) is 5.82 Å². The van der Waals surface area contributed by atoms with Crippen molar-refractivity contribution in [2.75, 3.05) is 0 Å². The summed E-state index contributed by atoms with van der Waals surface area (Å²) in [4.78, 5) is 36.8. The number of aromatic amines is 1. The van der Waals surface area contributed by atoms with E-state index in [2.05, 4.69) is 20.3 Å². The molecule has 1 aliphatic carbocycles. The van der Waals surface area contributed by atoms with Crippen LogP contribution in [0.5, 0.6) is 0 Å². The van der Waals surface area contributed by atoms with Crippen LogP contribution in [0.25, 0.3) is 11.5 Å². The van der Waals surface area contributed by atoms with Crippen LogP contribution in [0.4, 0.5) is 0 Å². The highest BCUT2D eigenvalue weighted by molar-refractivity contribution is 5.79.